The van der Waals surface area contributed by atoms with Crippen molar-refractivity contribution in [3.05, 3.63) is 24.0 Å². The lowest BCUT2D eigenvalue weighted by atomic mass is 10.1. The highest BCUT2D eigenvalue weighted by Gasteiger charge is 2.17. The van der Waals surface area contributed by atoms with Crippen molar-refractivity contribution in [2.24, 2.45) is 5.92 Å². The summed E-state index contributed by atoms with van der Waals surface area (Å²) in [5, 5.41) is 9.62. The smallest absolute Gasteiger partial charge is 0.240 e. The zero-order chi connectivity index (χ0) is 14.6. The normalized spacial score (nSPS) is 13.7. The monoisotopic (exact) mass is 290 g/mol. The lowest BCUT2D eigenvalue weighted by Crippen LogP contribution is -2.32. The van der Waals surface area contributed by atoms with Crippen LogP contribution in [-0.2, 0) is 10.0 Å². The van der Waals surface area contributed by atoms with Crippen molar-refractivity contribution in [2.75, 3.05) is 12.3 Å². The van der Waals surface area contributed by atoms with Crippen LogP contribution in [0.2, 0.25) is 0 Å². The van der Waals surface area contributed by atoms with E-state index in [0.717, 1.165) is 18.2 Å². The van der Waals surface area contributed by atoms with Crippen LogP contribution in [0.25, 0.3) is 0 Å². The van der Waals surface area contributed by atoms with Crippen LogP contribution in [0.15, 0.2) is 23.1 Å². The molecule has 0 fully saturated rings. The van der Waals surface area contributed by atoms with Gasteiger partial charge >= 0.3 is 0 Å². The molecule has 0 spiro atoms. The fourth-order valence-corrected chi connectivity index (χ4v) is 2.71. The van der Waals surface area contributed by atoms with Gasteiger partial charge in [0.25, 0.3) is 0 Å². The summed E-state index contributed by atoms with van der Waals surface area (Å²) in [4.78, 5) is -0.122. The number of nitrogens with two attached hydrogens (primary N) is 1. The standard InChI is InChI=1S/C12H19FN2O3S/c1-8(2)5-9(16)7-15-19(17,18)10-3-4-11(13)12(14)6-10/h3-4,6,8-9,15-16H,5,7,14H2,1-2H3. The van der Waals surface area contributed by atoms with Gasteiger partial charge in [-0.25, -0.2) is 17.5 Å². The van der Waals surface area contributed by atoms with E-state index < -0.39 is 21.9 Å². The van der Waals surface area contributed by atoms with E-state index in [1.54, 1.807) is 0 Å². The Balaban J connectivity index is 2.73. The van der Waals surface area contributed by atoms with E-state index in [-0.39, 0.29) is 23.0 Å². The van der Waals surface area contributed by atoms with Gasteiger partial charge in [-0.2, -0.15) is 0 Å². The van der Waals surface area contributed by atoms with Gasteiger partial charge in [0.05, 0.1) is 16.7 Å². The molecule has 1 aromatic rings. The maximum Gasteiger partial charge on any atom is 0.240 e. The van der Waals surface area contributed by atoms with Crippen molar-refractivity contribution in [2.45, 2.75) is 31.3 Å². The predicted molar refractivity (Wildman–Crippen MR) is 71.5 cm³/mol. The molecule has 4 N–H and O–H groups in total. The highest BCUT2D eigenvalue weighted by molar-refractivity contribution is 7.89. The van der Waals surface area contributed by atoms with Crippen LogP contribution in [0.1, 0.15) is 20.3 Å². The molecule has 5 nitrogen and oxygen atoms in total. The van der Waals surface area contributed by atoms with E-state index in [9.17, 15) is 17.9 Å². The molecule has 0 saturated heterocycles. The summed E-state index contributed by atoms with van der Waals surface area (Å²) in [6.45, 7) is 3.77. The van der Waals surface area contributed by atoms with E-state index in [1.807, 2.05) is 13.8 Å². The third-order valence-electron chi connectivity index (χ3n) is 2.53. The number of rotatable bonds is 6. The maximum atomic E-state index is 13.0. The fourth-order valence-electron chi connectivity index (χ4n) is 1.61. The van der Waals surface area contributed by atoms with E-state index in [4.69, 9.17) is 5.73 Å². The number of nitrogens with one attached hydrogen (secondary N) is 1. The fraction of sp³-hybridized carbons (Fsp3) is 0.500. The largest absolute Gasteiger partial charge is 0.396 e. The molecule has 1 atom stereocenters. The summed E-state index contributed by atoms with van der Waals surface area (Å²) in [6.07, 6.45) is -0.263. The maximum absolute atomic E-state index is 13.0. The first kappa shape index (κ1) is 15.9. The molecule has 0 aliphatic carbocycles. The van der Waals surface area contributed by atoms with Crippen molar-refractivity contribution in [1.29, 1.82) is 0 Å². The Morgan fingerprint density at radius 3 is 2.58 bits per heavy atom. The van der Waals surface area contributed by atoms with Gasteiger partial charge in [0, 0.05) is 6.54 Å². The Hall–Kier alpha value is -1.18. The van der Waals surface area contributed by atoms with Gasteiger partial charge in [0.2, 0.25) is 10.0 Å². The first-order valence-electron chi connectivity index (χ1n) is 5.95. The molecule has 0 aliphatic rings. The average molecular weight is 290 g/mol. The molecule has 108 valence electrons. The minimum atomic E-state index is -3.79. The van der Waals surface area contributed by atoms with Crippen molar-refractivity contribution in [3.63, 3.8) is 0 Å². The molecule has 7 heteroatoms. The van der Waals surface area contributed by atoms with Crippen LogP contribution in [0.4, 0.5) is 10.1 Å². The second kappa shape index (κ2) is 6.31. The topological polar surface area (TPSA) is 92.4 Å². The first-order valence-corrected chi connectivity index (χ1v) is 7.43. The number of benzene rings is 1. The van der Waals surface area contributed by atoms with Gasteiger partial charge in [-0.15, -0.1) is 0 Å². The minimum absolute atomic E-state index is 0.0855. The Morgan fingerprint density at radius 2 is 2.05 bits per heavy atom. The number of anilines is 1. The van der Waals surface area contributed by atoms with Gasteiger partial charge in [-0.1, -0.05) is 13.8 Å². The van der Waals surface area contributed by atoms with Gasteiger partial charge in [0.15, 0.2) is 0 Å². The molecule has 0 bridgehead atoms. The third-order valence-corrected chi connectivity index (χ3v) is 3.95. The Bertz CT molecular complexity index is 532. The molecule has 0 aromatic heterocycles. The van der Waals surface area contributed by atoms with Crippen molar-refractivity contribution in [3.8, 4) is 0 Å². The SMILES string of the molecule is CC(C)CC(O)CNS(=O)(=O)c1ccc(F)c(N)c1. The van der Waals surface area contributed by atoms with Gasteiger partial charge < -0.3 is 10.8 Å². The minimum Gasteiger partial charge on any atom is -0.396 e. The molecule has 1 rings (SSSR count). The Labute approximate surface area is 112 Å². The number of aliphatic hydroxyl groups is 1. The number of nitrogen functional groups attached to an aromatic ring is 1. The zero-order valence-electron chi connectivity index (χ0n) is 10.9. The van der Waals surface area contributed by atoms with E-state index in [1.165, 1.54) is 0 Å². The lowest BCUT2D eigenvalue weighted by Gasteiger charge is -2.14. The van der Waals surface area contributed by atoms with E-state index in [0.29, 0.717) is 6.42 Å². The molecule has 0 aliphatic heterocycles. The molecule has 1 unspecified atom stereocenters. The van der Waals surface area contributed by atoms with Crippen LogP contribution in [0.5, 0.6) is 0 Å². The van der Waals surface area contributed by atoms with E-state index >= 15 is 0 Å². The van der Waals surface area contributed by atoms with Crippen molar-refractivity contribution in [1.82, 2.24) is 4.72 Å². The summed E-state index contributed by atoms with van der Waals surface area (Å²) in [7, 11) is -3.79. The van der Waals surface area contributed by atoms with E-state index in [2.05, 4.69) is 4.72 Å². The zero-order valence-corrected chi connectivity index (χ0v) is 11.7. The van der Waals surface area contributed by atoms with Gasteiger partial charge in [0.1, 0.15) is 5.82 Å². The number of halogens is 1. The van der Waals surface area contributed by atoms with Crippen molar-refractivity contribution < 1.29 is 17.9 Å². The van der Waals surface area contributed by atoms with Crippen LogP contribution >= 0.6 is 0 Å². The molecule has 1 aromatic carbocycles. The summed E-state index contributed by atoms with van der Waals surface area (Å²) in [5.41, 5.74) is 5.09. The van der Waals surface area contributed by atoms with Crippen LogP contribution in [-0.4, -0.2) is 26.2 Å². The van der Waals surface area contributed by atoms with Crippen molar-refractivity contribution >= 4 is 15.7 Å². The van der Waals surface area contributed by atoms with Crippen LogP contribution < -0.4 is 10.5 Å². The predicted octanol–water partition coefficient (Wildman–Crippen LogP) is 1.09. The van der Waals surface area contributed by atoms with Crippen LogP contribution in [0, 0.1) is 11.7 Å². The Morgan fingerprint density at radius 1 is 1.42 bits per heavy atom. The molecular formula is C12H19FN2O3S. The van der Waals surface area contributed by atoms with Gasteiger partial charge in [-0.3, -0.25) is 0 Å². The molecule has 0 amide bonds. The molecule has 0 saturated carbocycles. The number of hydrogen-bond donors (Lipinski definition) is 3. The quantitative estimate of drug-likeness (QED) is 0.684. The first-order chi connectivity index (χ1) is 8.72. The third kappa shape index (κ3) is 4.77. The summed E-state index contributed by atoms with van der Waals surface area (Å²) in [6, 6.07) is 3.17. The highest BCUT2D eigenvalue weighted by Crippen LogP contribution is 2.16. The van der Waals surface area contributed by atoms with Crippen LogP contribution in [0.3, 0.4) is 0 Å². The van der Waals surface area contributed by atoms with Gasteiger partial charge in [-0.05, 0) is 30.5 Å². The number of sulfonamides is 1. The summed E-state index contributed by atoms with van der Waals surface area (Å²) >= 11 is 0. The highest BCUT2D eigenvalue weighted by atomic mass is 32.2. The summed E-state index contributed by atoms with van der Waals surface area (Å²) in [5.74, 6) is -0.403. The second-order valence-corrected chi connectivity index (χ2v) is 6.59. The molecule has 0 heterocycles. The average Bonchev–Trinajstić information content (AvgIpc) is 2.29. The number of aliphatic hydroxyl groups excluding tert-OH is 1. The molecule has 0 radical (unpaired) electrons. The molecule has 19 heavy (non-hydrogen) atoms. The summed E-state index contributed by atoms with van der Waals surface area (Å²) < 4.78 is 39.0. The Kier molecular flexibility index (Phi) is 5.28. The lowest BCUT2D eigenvalue weighted by molar-refractivity contribution is 0.152. The molecular weight excluding hydrogens is 271 g/mol. The second-order valence-electron chi connectivity index (χ2n) is 4.82. The number of hydrogen-bond acceptors (Lipinski definition) is 4.